The molecule has 5 atom stereocenters. The number of rotatable bonds is 21. The van der Waals surface area contributed by atoms with E-state index in [2.05, 4.69) is 124 Å². The molecule has 0 N–H and O–H groups in total. The molecular weight excluding hydrogens is 800 g/mol. The van der Waals surface area contributed by atoms with E-state index in [0.29, 0.717) is 18.4 Å². The fourth-order valence-corrected chi connectivity index (χ4v) is 9.53. The first-order chi connectivity index (χ1) is 26.9. The summed E-state index contributed by atoms with van der Waals surface area (Å²) in [6, 6.07) is 0. The van der Waals surface area contributed by atoms with Gasteiger partial charge in [-0.2, -0.15) is 0 Å². The van der Waals surface area contributed by atoms with Gasteiger partial charge < -0.3 is 32.2 Å². The molecule has 13 heteroatoms. The van der Waals surface area contributed by atoms with Crippen LogP contribution in [0.25, 0.3) is 0 Å². The summed E-state index contributed by atoms with van der Waals surface area (Å²) >= 11 is 0. The molecule has 0 bridgehead atoms. The first kappa shape index (κ1) is 61.1. The molecule has 0 spiro atoms. The lowest BCUT2D eigenvalue weighted by molar-refractivity contribution is -0.140. The molecule has 0 fully saturated rings. The van der Waals surface area contributed by atoms with Crippen molar-refractivity contribution in [1.82, 2.24) is 0 Å². The number of hydrogen-bond donors (Lipinski definition) is 0. The number of allylic oxidation sites excluding steroid dienone is 6. The van der Waals surface area contributed by atoms with Crippen LogP contribution in [0, 0.1) is 11.8 Å². The minimum absolute atomic E-state index is 0.0198. The van der Waals surface area contributed by atoms with Gasteiger partial charge in [0.25, 0.3) is 0 Å². The van der Waals surface area contributed by atoms with Crippen molar-refractivity contribution in [3.05, 3.63) is 59.3 Å². The summed E-state index contributed by atoms with van der Waals surface area (Å²) in [5, 5.41) is 0.310. The van der Waals surface area contributed by atoms with Crippen LogP contribution >= 0.6 is 7.60 Å². The van der Waals surface area contributed by atoms with Crippen molar-refractivity contribution in [1.29, 1.82) is 0 Å². The zero-order chi connectivity index (χ0) is 47.0. The van der Waals surface area contributed by atoms with Gasteiger partial charge in [-0.15, -0.1) is 0 Å². The molecule has 0 aliphatic heterocycles. The number of aldehydes is 1. The van der Waals surface area contributed by atoms with Gasteiger partial charge in [-0.25, -0.2) is 4.79 Å². The number of ether oxygens (including phenoxy) is 2. The Morgan fingerprint density at radius 1 is 0.678 bits per heavy atom. The lowest BCUT2D eigenvalue weighted by atomic mass is 9.98. The third-order valence-electron chi connectivity index (χ3n) is 10.7. The predicted octanol–water partition coefficient (Wildman–Crippen LogP) is 13.0. The SMILES string of the molecule is C/C=C\C(C)=C\[C@H](C)[C@H](CC=C(C)C(=O)OC)O[Si](C)(C)C(C)(C)C.C/C=C\C(C)=C\[C@H](C)[C@H](CC=O)O[Si](C)(C)C(C)(C)C.CCOP(=O)(OCC)[C@@H](C)C(=O)OC. The Labute approximate surface area is 363 Å². The molecule has 0 aromatic heterocycles. The normalized spacial score (nSPS) is 16.3. The average molecular weight is 887 g/mol. The second-order valence-electron chi connectivity index (χ2n) is 18.0. The number of carbonyl (C=O) groups is 3. The molecule has 0 saturated carbocycles. The van der Waals surface area contributed by atoms with Crippen molar-refractivity contribution in [2.45, 2.75) is 178 Å². The number of methoxy groups -OCH3 is 2. The predicted molar refractivity (Wildman–Crippen MR) is 253 cm³/mol. The Morgan fingerprint density at radius 3 is 1.34 bits per heavy atom. The van der Waals surface area contributed by atoms with Gasteiger partial charge in [0, 0.05) is 12.0 Å². The minimum Gasteiger partial charge on any atom is -0.468 e. The molecule has 0 aliphatic rings. The molecular formula is C46H87O10PSi2. The summed E-state index contributed by atoms with van der Waals surface area (Å²) in [7, 11) is -4.45. The maximum Gasteiger partial charge on any atom is 0.344 e. The summed E-state index contributed by atoms with van der Waals surface area (Å²) in [4.78, 5) is 33.8. The van der Waals surface area contributed by atoms with Crippen molar-refractivity contribution in [2.75, 3.05) is 27.4 Å². The average Bonchev–Trinajstić information content (AvgIpc) is 3.11. The first-order valence-corrected chi connectivity index (χ1v) is 28.5. The van der Waals surface area contributed by atoms with Crippen LogP contribution in [0.5, 0.6) is 0 Å². The van der Waals surface area contributed by atoms with Gasteiger partial charge in [0.1, 0.15) is 6.29 Å². The van der Waals surface area contributed by atoms with Crippen LogP contribution in [0.4, 0.5) is 0 Å². The second-order valence-corrected chi connectivity index (χ2v) is 29.8. The van der Waals surface area contributed by atoms with Crippen LogP contribution in [0.1, 0.15) is 124 Å². The van der Waals surface area contributed by atoms with Crippen molar-refractivity contribution < 1.29 is 46.3 Å². The Morgan fingerprint density at radius 2 is 1.05 bits per heavy atom. The third kappa shape index (κ3) is 24.1. The van der Waals surface area contributed by atoms with E-state index < -0.39 is 35.9 Å². The van der Waals surface area contributed by atoms with E-state index in [1.165, 1.54) is 32.3 Å². The maximum atomic E-state index is 12.0. The van der Waals surface area contributed by atoms with Crippen molar-refractivity contribution in [3.8, 4) is 0 Å². The summed E-state index contributed by atoms with van der Waals surface area (Å²) in [5.74, 6) is -0.368. The Hall–Kier alpha value is -2.19. The van der Waals surface area contributed by atoms with Gasteiger partial charge in [-0.05, 0) is 110 Å². The monoisotopic (exact) mass is 887 g/mol. The van der Waals surface area contributed by atoms with Crippen molar-refractivity contribution >= 4 is 42.5 Å². The highest BCUT2D eigenvalue weighted by atomic mass is 31.2. The van der Waals surface area contributed by atoms with Crippen LogP contribution in [0.15, 0.2) is 59.3 Å². The molecule has 344 valence electrons. The number of hydrogen-bond acceptors (Lipinski definition) is 10. The zero-order valence-electron chi connectivity index (χ0n) is 41.4. The molecule has 0 amide bonds. The van der Waals surface area contributed by atoms with E-state index in [0.717, 1.165) is 6.29 Å². The van der Waals surface area contributed by atoms with Crippen LogP contribution in [0.3, 0.4) is 0 Å². The maximum absolute atomic E-state index is 12.0. The van der Waals surface area contributed by atoms with Crippen LogP contribution < -0.4 is 0 Å². The van der Waals surface area contributed by atoms with E-state index in [4.69, 9.17) is 22.6 Å². The van der Waals surface area contributed by atoms with Gasteiger partial charge in [-0.1, -0.05) is 109 Å². The zero-order valence-corrected chi connectivity index (χ0v) is 44.3. The molecule has 0 unspecified atom stereocenters. The quantitative estimate of drug-likeness (QED) is 0.0275. The van der Waals surface area contributed by atoms with E-state index >= 15 is 0 Å². The molecule has 0 aromatic carbocycles. The molecule has 0 saturated heterocycles. The van der Waals surface area contributed by atoms with E-state index in [1.807, 2.05) is 32.1 Å². The third-order valence-corrected chi connectivity index (χ3v) is 22.1. The Balaban J connectivity index is -0.000000830. The molecule has 0 rings (SSSR count). The second kappa shape index (κ2) is 29.2. The van der Waals surface area contributed by atoms with Gasteiger partial charge in [0.15, 0.2) is 22.3 Å². The van der Waals surface area contributed by atoms with Gasteiger partial charge in [0.2, 0.25) is 0 Å². The van der Waals surface area contributed by atoms with Gasteiger partial charge in [0.05, 0.1) is 39.6 Å². The van der Waals surface area contributed by atoms with Gasteiger partial charge in [-0.3, -0.25) is 9.36 Å². The summed E-state index contributed by atoms with van der Waals surface area (Å²) in [5.41, 5.74) is 2.20. The van der Waals surface area contributed by atoms with Gasteiger partial charge >= 0.3 is 19.5 Å². The van der Waals surface area contributed by atoms with Crippen LogP contribution in [-0.4, -0.2) is 80.2 Å². The topological polar surface area (TPSA) is 124 Å². The lowest BCUT2D eigenvalue weighted by Gasteiger charge is -2.40. The van der Waals surface area contributed by atoms with E-state index in [-0.39, 0.29) is 53.3 Å². The molecule has 0 radical (unpaired) electrons. The fraction of sp³-hybridized carbons (Fsp3) is 0.717. The highest BCUT2D eigenvalue weighted by Crippen LogP contribution is 2.53. The van der Waals surface area contributed by atoms with Crippen LogP contribution in [0.2, 0.25) is 36.3 Å². The molecule has 0 aliphatic carbocycles. The molecule has 59 heavy (non-hydrogen) atoms. The molecule has 0 aromatic rings. The smallest absolute Gasteiger partial charge is 0.344 e. The Kier molecular flexibility index (Phi) is 30.2. The first-order valence-electron chi connectivity index (χ1n) is 21.0. The number of carbonyl (C=O) groups excluding carboxylic acids is 3. The van der Waals surface area contributed by atoms with Crippen molar-refractivity contribution in [2.24, 2.45) is 11.8 Å². The standard InChI is InChI=1S/C21H38O3Si.C17H32O2Si.C8H17O5P/c1-11-12-16(2)15-18(4)19(14-13-17(3)20(22)23-8)24-25(9,10)21(5,6)7;1-9-10-14(2)13-15(3)16(11-12-18)19-20(7,8)17(4,5)6;1-5-12-14(10,13-6-2)7(3)8(9)11-4/h11-13,15,18-19H,14H2,1-10H3;9-10,12-13,15-16H,11H2,1-8H3;7H,5-6H2,1-4H3/b12-11-,16-15+,17-13?;10-9-,14-13+;/t18-,19-;15-,16-;7-/m000/s1. The highest BCUT2D eigenvalue weighted by molar-refractivity contribution is 7.55. The summed E-state index contributed by atoms with van der Waals surface area (Å²) < 4.78 is 44.3. The van der Waals surface area contributed by atoms with Crippen molar-refractivity contribution in [3.63, 3.8) is 0 Å². The van der Waals surface area contributed by atoms with E-state index in [1.54, 1.807) is 20.8 Å². The fourth-order valence-electron chi connectivity index (χ4n) is 5.08. The van der Waals surface area contributed by atoms with Crippen LogP contribution in [-0.2, 0) is 46.3 Å². The summed E-state index contributed by atoms with van der Waals surface area (Å²) in [6.07, 6.45) is 16.8. The minimum atomic E-state index is -3.36. The molecule has 10 nitrogen and oxygen atoms in total. The largest absolute Gasteiger partial charge is 0.468 e. The highest BCUT2D eigenvalue weighted by Gasteiger charge is 2.41. The Bertz CT molecular complexity index is 1440. The summed E-state index contributed by atoms with van der Waals surface area (Å²) in [6.45, 7) is 42.1. The lowest BCUT2D eigenvalue weighted by Crippen LogP contribution is -2.45. The number of esters is 2. The molecule has 0 heterocycles. The van der Waals surface area contributed by atoms with E-state index in [9.17, 15) is 18.9 Å².